The van der Waals surface area contributed by atoms with E-state index in [4.69, 9.17) is 9.47 Å². The van der Waals surface area contributed by atoms with Crippen molar-refractivity contribution in [2.45, 2.75) is 70.3 Å². The first-order valence-corrected chi connectivity index (χ1v) is 13.0. The molecule has 0 radical (unpaired) electrons. The molecule has 2 aromatic rings. The lowest BCUT2D eigenvalue weighted by atomic mass is 10.2. The second-order valence-electron chi connectivity index (χ2n) is 10.4. The average Bonchev–Trinajstić information content (AvgIpc) is 3.35. The van der Waals surface area contributed by atoms with Crippen LogP contribution in [0, 0.1) is 5.82 Å². The average molecular weight is 595 g/mol. The van der Waals surface area contributed by atoms with Crippen LogP contribution in [-0.4, -0.2) is 83.2 Å². The maximum Gasteiger partial charge on any atom is 0.412 e. The van der Waals surface area contributed by atoms with Gasteiger partial charge in [-0.2, -0.15) is 0 Å². The zero-order valence-corrected chi connectivity index (χ0v) is 23.0. The number of nitrogens with zero attached hydrogens (tertiary/aromatic N) is 3. The number of carbonyl (C=O) groups excluding carboxylic acids is 1. The molecule has 2 aliphatic rings. The SMILES string of the molecule is CC(C)N1CC(OC(=O)Nc2ccccc2F)C(F)(F)C1.CC(C)N1CC(Oc2ccc(C(F)F)cn2)C(F)(F)C1. The van der Waals surface area contributed by atoms with Gasteiger partial charge < -0.3 is 9.47 Å². The van der Waals surface area contributed by atoms with E-state index < -0.39 is 48.9 Å². The highest BCUT2D eigenvalue weighted by molar-refractivity contribution is 5.84. The molecule has 2 fully saturated rings. The Morgan fingerprint density at radius 3 is 1.98 bits per heavy atom. The first-order chi connectivity index (χ1) is 19.1. The number of likely N-dealkylation sites (tertiary alicyclic amines) is 2. The second kappa shape index (κ2) is 13.2. The molecule has 7 nitrogen and oxygen atoms in total. The third-order valence-electron chi connectivity index (χ3n) is 6.67. The van der Waals surface area contributed by atoms with Crippen LogP contribution < -0.4 is 10.1 Å². The van der Waals surface area contributed by atoms with Gasteiger partial charge in [-0.15, -0.1) is 0 Å². The Kier molecular flexibility index (Phi) is 10.5. The highest BCUT2D eigenvalue weighted by Crippen LogP contribution is 2.33. The number of carbonyl (C=O) groups is 1. The Balaban J connectivity index is 0.000000226. The standard InChI is InChI=1S/C14H17F3N2O2.C13H16F4N2O/c1-9(2)19-7-12(14(16,17)8-19)21-13(20)18-11-6-4-3-5-10(11)15;1-8(2)19-6-10(13(16,17)7-19)20-11-4-3-9(5-18-11)12(14)15/h3-6,9,12H,7-8H2,1-2H3,(H,18,20);3-5,8,10,12H,6-7H2,1-2H3. The van der Waals surface area contributed by atoms with Crippen LogP contribution >= 0.6 is 0 Å². The first kappa shape index (κ1) is 32.4. The number of amides is 1. The molecule has 2 aliphatic heterocycles. The van der Waals surface area contributed by atoms with Crippen LogP contribution in [0.2, 0.25) is 0 Å². The summed E-state index contributed by atoms with van der Waals surface area (Å²) in [5.41, 5.74) is -0.371. The number of hydrogen-bond donors (Lipinski definition) is 1. The van der Waals surface area contributed by atoms with Crippen molar-refractivity contribution >= 4 is 11.8 Å². The Labute approximate surface area is 233 Å². The number of para-hydroxylation sites is 1. The van der Waals surface area contributed by atoms with Gasteiger partial charge in [0.2, 0.25) is 5.88 Å². The van der Waals surface area contributed by atoms with Gasteiger partial charge in [0.1, 0.15) is 5.82 Å². The lowest BCUT2D eigenvalue weighted by Gasteiger charge is -2.19. The predicted molar refractivity (Wildman–Crippen MR) is 137 cm³/mol. The molecule has 14 heteroatoms. The van der Waals surface area contributed by atoms with Gasteiger partial charge in [0.15, 0.2) is 12.2 Å². The van der Waals surface area contributed by atoms with Gasteiger partial charge in [0.25, 0.3) is 18.3 Å². The molecule has 0 spiro atoms. The Hall–Kier alpha value is -3.13. The molecule has 41 heavy (non-hydrogen) atoms. The molecule has 1 aromatic heterocycles. The normalized spacial score (nSPS) is 22.1. The van der Waals surface area contributed by atoms with Crippen molar-refractivity contribution in [1.29, 1.82) is 0 Å². The largest absolute Gasteiger partial charge is 0.466 e. The van der Waals surface area contributed by atoms with E-state index in [1.54, 1.807) is 18.7 Å². The number of aromatic nitrogens is 1. The van der Waals surface area contributed by atoms with Crippen LogP contribution in [0.4, 0.5) is 41.2 Å². The molecule has 0 bridgehead atoms. The molecular weight excluding hydrogens is 561 g/mol. The lowest BCUT2D eigenvalue weighted by molar-refractivity contribution is -0.0755. The summed E-state index contributed by atoms with van der Waals surface area (Å²) in [6, 6.07) is 7.68. The zero-order valence-electron chi connectivity index (χ0n) is 23.0. The fourth-order valence-electron chi connectivity index (χ4n) is 4.17. The highest BCUT2D eigenvalue weighted by atomic mass is 19.3. The molecule has 0 saturated carbocycles. The monoisotopic (exact) mass is 594 g/mol. The van der Waals surface area contributed by atoms with Crippen molar-refractivity contribution in [2.24, 2.45) is 0 Å². The van der Waals surface area contributed by atoms with E-state index in [2.05, 4.69) is 10.3 Å². The summed E-state index contributed by atoms with van der Waals surface area (Å²) in [6.45, 7) is 6.45. The summed E-state index contributed by atoms with van der Waals surface area (Å²) < 4.78 is 103. The minimum atomic E-state index is -3.11. The molecule has 1 N–H and O–H groups in total. The summed E-state index contributed by atoms with van der Waals surface area (Å²) in [6.07, 6.45) is -5.63. The number of benzene rings is 1. The molecule has 2 atom stereocenters. The Bertz CT molecular complexity index is 1150. The van der Waals surface area contributed by atoms with Crippen LogP contribution in [0.15, 0.2) is 42.6 Å². The zero-order chi connectivity index (χ0) is 30.5. The van der Waals surface area contributed by atoms with E-state index in [0.29, 0.717) is 0 Å². The summed E-state index contributed by atoms with van der Waals surface area (Å²) in [4.78, 5) is 18.4. The summed E-state index contributed by atoms with van der Waals surface area (Å²) in [7, 11) is 0. The van der Waals surface area contributed by atoms with E-state index in [9.17, 15) is 35.5 Å². The van der Waals surface area contributed by atoms with E-state index in [1.807, 2.05) is 13.8 Å². The molecule has 4 rings (SSSR count). The third-order valence-corrected chi connectivity index (χ3v) is 6.67. The number of halogens is 7. The first-order valence-electron chi connectivity index (χ1n) is 13.0. The molecule has 1 amide bonds. The highest BCUT2D eigenvalue weighted by Gasteiger charge is 2.52. The maximum absolute atomic E-state index is 13.8. The molecule has 1 aromatic carbocycles. The number of alkyl halides is 6. The van der Waals surface area contributed by atoms with Crippen LogP contribution in [-0.2, 0) is 4.74 Å². The fourth-order valence-corrected chi connectivity index (χ4v) is 4.17. The second-order valence-corrected chi connectivity index (χ2v) is 10.4. The fraction of sp³-hybridized carbons (Fsp3) is 0.556. The third kappa shape index (κ3) is 8.68. The summed E-state index contributed by atoms with van der Waals surface area (Å²) in [5.74, 6) is -6.81. The van der Waals surface area contributed by atoms with Gasteiger partial charge in [-0.1, -0.05) is 12.1 Å². The smallest absolute Gasteiger partial charge is 0.412 e. The Morgan fingerprint density at radius 1 is 0.927 bits per heavy atom. The van der Waals surface area contributed by atoms with Gasteiger partial charge in [-0.05, 0) is 45.9 Å². The van der Waals surface area contributed by atoms with E-state index in [1.165, 1.54) is 29.2 Å². The van der Waals surface area contributed by atoms with Crippen LogP contribution in [0.5, 0.6) is 5.88 Å². The molecule has 0 aliphatic carbocycles. The number of pyridine rings is 1. The minimum Gasteiger partial charge on any atom is -0.466 e. The molecule has 2 unspecified atom stereocenters. The van der Waals surface area contributed by atoms with Crippen LogP contribution in [0.25, 0.3) is 0 Å². The quantitative estimate of drug-likeness (QED) is 0.384. The summed E-state index contributed by atoms with van der Waals surface area (Å²) >= 11 is 0. The van der Waals surface area contributed by atoms with Gasteiger partial charge in [-0.3, -0.25) is 15.1 Å². The predicted octanol–water partition coefficient (Wildman–Crippen LogP) is 6.23. The van der Waals surface area contributed by atoms with Crippen LogP contribution in [0.3, 0.4) is 0 Å². The number of hydrogen-bond acceptors (Lipinski definition) is 6. The van der Waals surface area contributed by atoms with Gasteiger partial charge >= 0.3 is 6.09 Å². The number of nitrogens with one attached hydrogen (secondary N) is 1. The maximum atomic E-state index is 13.8. The summed E-state index contributed by atoms with van der Waals surface area (Å²) in [5, 5.41) is 2.13. The van der Waals surface area contributed by atoms with Crippen LogP contribution in [0.1, 0.15) is 39.7 Å². The number of anilines is 1. The topological polar surface area (TPSA) is 66.9 Å². The van der Waals surface area contributed by atoms with E-state index >= 15 is 0 Å². The van der Waals surface area contributed by atoms with Gasteiger partial charge in [-0.25, -0.2) is 40.5 Å². The van der Waals surface area contributed by atoms with E-state index in [-0.39, 0.29) is 48.8 Å². The van der Waals surface area contributed by atoms with Crippen molar-refractivity contribution in [2.75, 3.05) is 31.5 Å². The molecular formula is C27H33F7N4O3. The van der Waals surface area contributed by atoms with Gasteiger partial charge in [0.05, 0.1) is 18.8 Å². The minimum absolute atomic E-state index is 0.0105. The van der Waals surface area contributed by atoms with Crippen molar-refractivity contribution in [3.8, 4) is 5.88 Å². The van der Waals surface area contributed by atoms with Crippen molar-refractivity contribution in [1.82, 2.24) is 14.8 Å². The number of rotatable bonds is 7. The van der Waals surface area contributed by atoms with Crippen molar-refractivity contribution < 1.29 is 45.0 Å². The van der Waals surface area contributed by atoms with Crippen molar-refractivity contribution in [3.05, 3.63) is 54.0 Å². The molecule has 3 heterocycles. The Morgan fingerprint density at radius 2 is 1.49 bits per heavy atom. The molecule has 228 valence electrons. The van der Waals surface area contributed by atoms with Gasteiger partial charge in [0, 0.05) is 43.0 Å². The van der Waals surface area contributed by atoms with Crippen molar-refractivity contribution in [3.63, 3.8) is 0 Å². The van der Waals surface area contributed by atoms with E-state index in [0.717, 1.165) is 18.3 Å². The lowest BCUT2D eigenvalue weighted by Crippen LogP contribution is -2.37. The molecule has 2 saturated heterocycles. The number of ether oxygens (including phenoxy) is 2.